The fourth-order valence-corrected chi connectivity index (χ4v) is 4.34. The number of fused-ring (bicyclic) bond motifs is 3. The zero-order valence-corrected chi connectivity index (χ0v) is 17.0. The van der Waals surface area contributed by atoms with Crippen LogP contribution in [0.1, 0.15) is 23.6 Å². The molecule has 3 aromatic rings. The van der Waals surface area contributed by atoms with E-state index in [0.717, 1.165) is 21.6 Å². The average Bonchev–Trinajstić information content (AvgIpc) is 2.77. The van der Waals surface area contributed by atoms with E-state index in [0.29, 0.717) is 42.0 Å². The molecular formula is C22H21ClN4O3. The van der Waals surface area contributed by atoms with Crippen LogP contribution in [-0.4, -0.2) is 45.5 Å². The standard InChI is InChI=1S/C22H21ClN4O3/c23-20-2-1-13(9-25-20)7-14-8-16-21(15-3-5-24-10-17(14)15)26-12-27(22(16)29)18-4-6-30-11-19(18)28/h1-3,8-10,12,18-19,24,28H,4-7,11H2/t18-,19-/m0/s1. The van der Waals surface area contributed by atoms with Crippen molar-refractivity contribution in [1.82, 2.24) is 19.9 Å². The topological polar surface area (TPSA) is 89.3 Å². The predicted octanol–water partition coefficient (Wildman–Crippen LogP) is 0.480. The molecule has 1 saturated heterocycles. The van der Waals surface area contributed by atoms with Crippen molar-refractivity contribution in [2.45, 2.75) is 25.0 Å². The number of nitrogens with zero attached hydrogens (tertiary/aromatic N) is 3. The number of aliphatic hydroxyl groups is 1. The van der Waals surface area contributed by atoms with E-state index in [-0.39, 0.29) is 18.2 Å². The third kappa shape index (κ3) is 3.39. The second-order valence-electron chi connectivity index (χ2n) is 7.64. The summed E-state index contributed by atoms with van der Waals surface area (Å²) in [7, 11) is 0. The van der Waals surface area contributed by atoms with Gasteiger partial charge in [0.15, 0.2) is 0 Å². The lowest BCUT2D eigenvalue weighted by Crippen LogP contribution is -2.41. The summed E-state index contributed by atoms with van der Waals surface area (Å²) in [5.41, 5.74) is 2.55. The second-order valence-corrected chi connectivity index (χ2v) is 8.02. The van der Waals surface area contributed by atoms with Crippen LogP contribution < -0.4 is 21.3 Å². The third-order valence-electron chi connectivity index (χ3n) is 5.74. The highest BCUT2D eigenvalue weighted by atomic mass is 35.5. The Morgan fingerprint density at radius 2 is 2.20 bits per heavy atom. The second kappa shape index (κ2) is 7.83. The van der Waals surface area contributed by atoms with Crippen LogP contribution in [0, 0.1) is 0 Å². The normalized spacial score (nSPS) is 20.7. The van der Waals surface area contributed by atoms with Crippen LogP contribution in [0.15, 0.2) is 35.5 Å². The van der Waals surface area contributed by atoms with Crippen molar-refractivity contribution >= 4 is 34.8 Å². The van der Waals surface area contributed by atoms with Gasteiger partial charge in [-0.25, -0.2) is 9.97 Å². The van der Waals surface area contributed by atoms with Crippen LogP contribution in [-0.2, 0) is 11.2 Å². The third-order valence-corrected chi connectivity index (χ3v) is 5.97. The number of hydrogen-bond donors (Lipinski definition) is 2. The van der Waals surface area contributed by atoms with Crippen LogP contribution >= 0.6 is 11.6 Å². The number of nitrogens with one attached hydrogen (secondary N) is 1. The molecule has 0 radical (unpaired) electrons. The number of pyridine rings is 1. The summed E-state index contributed by atoms with van der Waals surface area (Å²) < 4.78 is 6.87. The van der Waals surface area contributed by atoms with Gasteiger partial charge in [0.25, 0.3) is 5.56 Å². The number of halogens is 1. The zero-order chi connectivity index (χ0) is 20.7. The van der Waals surface area contributed by atoms with Gasteiger partial charge in [-0.15, -0.1) is 0 Å². The molecule has 2 aliphatic rings. The maximum absolute atomic E-state index is 13.4. The molecule has 2 N–H and O–H groups in total. The van der Waals surface area contributed by atoms with E-state index in [1.54, 1.807) is 23.2 Å². The van der Waals surface area contributed by atoms with E-state index in [1.165, 1.54) is 0 Å². The van der Waals surface area contributed by atoms with Crippen molar-refractivity contribution in [2.24, 2.45) is 0 Å². The summed E-state index contributed by atoms with van der Waals surface area (Å²) in [6, 6.07) is 5.28. The maximum atomic E-state index is 13.4. The lowest BCUT2D eigenvalue weighted by atomic mass is 9.99. The summed E-state index contributed by atoms with van der Waals surface area (Å²) >= 11 is 5.92. The molecule has 1 fully saturated rings. The minimum atomic E-state index is -0.725. The van der Waals surface area contributed by atoms with E-state index < -0.39 is 6.10 Å². The molecule has 4 heterocycles. The van der Waals surface area contributed by atoms with E-state index in [9.17, 15) is 9.90 Å². The fraction of sp³-hybridized carbons (Fsp3) is 0.318. The summed E-state index contributed by atoms with van der Waals surface area (Å²) in [6.07, 6.45) is 7.80. The van der Waals surface area contributed by atoms with Crippen LogP contribution in [0.5, 0.6) is 0 Å². The molecule has 8 heteroatoms. The molecule has 1 aromatic carbocycles. The number of aliphatic hydroxyl groups excluding tert-OH is 1. The molecule has 0 saturated carbocycles. The Bertz CT molecular complexity index is 1290. The molecule has 2 aliphatic heterocycles. The average molecular weight is 425 g/mol. The first-order valence-corrected chi connectivity index (χ1v) is 10.3. The van der Waals surface area contributed by atoms with Crippen molar-refractivity contribution in [1.29, 1.82) is 0 Å². The molecule has 0 unspecified atom stereocenters. The number of ether oxygens (including phenoxy) is 1. The van der Waals surface area contributed by atoms with Crippen LogP contribution in [0.4, 0.5) is 0 Å². The first kappa shape index (κ1) is 19.2. The highest BCUT2D eigenvalue weighted by Gasteiger charge is 2.27. The lowest BCUT2D eigenvalue weighted by Gasteiger charge is -2.29. The molecular weight excluding hydrogens is 404 g/mol. The summed E-state index contributed by atoms with van der Waals surface area (Å²) in [5, 5.41) is 16.6. The molecule has 30 heavy (non-hydrogen) atoms. The number of rotatable bonds is 3. The lowest BCUT2D eigenvalue weighted by molar-refractivity contribution is -0.0395. The maximum Gasteiger partial charge on any atom is 0.261 e. The smallest absolute Gasteiger partial charge is 0.261 e. The molecule has 2 aromatic heterocycles. The largest absolute Gasteiger partial charge is 0.389 e. The van der Waals surface area contributed by atoms with E-state index >= 15 is 0 Å². The van der Waals surface area contributed by atoms with Gasteiger partial charge in [0.2, 0.25) is 0 Å². The molecule has 154 valence electrons. The molecule has 5 rings (SSSR count). The van der Waals surface area contributed by atoms with Crippen LogP contribution in [0.3, 0.4) is 0 Å². The predicted molar refractivity (Wildman–Crippen MR) is 115 cm³/mol. The number of hydrogen-bond acceptors (Lipinski definition) is 6. The minimum Gasteiger partial charge on any atom is -0.389 e. The Morgan fingerprint density at radius 1 is 1.30 bits per heavy atom. The van der Waals surface area contributed by atoms with Crippen molar-refractivity contribution < 1.29 is 9.84 Å². The van der Waals surface area contributed by atoms with Gasteiger partial charge in [-0.1, -0.05) is 23.7 Å². The van der Waals surface area contributed by atoms with Crippen molar-refractivity contribution in [3.8, 4) is 0 Å². The van der Waals surface area contributed by atoms with Gasteiger partial charge in [-0.3, -0.25) is 9.36 Å². The Kier molecular flexibility index (Phi) is 5.02. The van der Waals surface area contributed by atoms with Crippen molar-refractivity contribution in [3.63, 3.8) is 0 Å². The molecule has 0 aliphatic carbocycles. The molecule has 0 spiro atoms. The molecule has 0 amide bonds. The van der Waals surface area contributed by atoms with Crippen LogP contribution in [0.25, 0.3) is 23.2 Å². The van der Waals surface area contributed by atoms with Gasteiger partial charge < -0.3 is 15.2 Å². The minimum absolute atomic E-state index is 0.142. The Hall–Kier alpha value is -2.74. The molecule has 2 atom stereocenters. The van der Waals surface area contributed by atoms with Gasteiger partial charge in [-0.2, -0.15) is 0 Å². The van der Waals surface area contributed by atoms with Crippen molar-refractivity contribution in [3.05, 3.63) is 67.8 Å². The first-order chi connectivity index (χ1) is 14.6. The Morgan fingerprint density at radius 3 is 3.00 bits per heavy atom. The van der Waals surface area contributed by atoms with Crippen LogP contribution in [0.2, 0.25) is 5.15 Å². The fourth-order valence-electron chi connectivity index (χ4n) is 4.23. The van der Waals surface area contributed by atoms with Gasteiger partial charge >= 0.3 is 0 Å². The van der Waals surface area contributed by atoms with Gasteiger partial charge in [-0.05, 0) is 36.1 Å². The summed E-state index contributed by atoms with van der Waals surface area (Å²) in [4.78, 5) is 22.2. The number of aromatic nitrogens is 3. The Labute approximate surface area is 177 Å². The quantitative estimate of drug-likeness (QED) is 0.594. The first-order valence-electron chi connectivity index (χ1n) is 9.94. The Balaban J connectivity index is 1.70. The van der Waals surface area contributed by atoms with Crippen molar-refractivity contribution in [2.75, 3.05) is 19.8 Å². The molecule has 7 nitrogen and oxygen atoms in total. The SMILES string of the molecule is O=c1c2cc(Cc3ccc(Cl)nc3)c3c(c2ncn1[C@H]1CCOC[C@@H]1O)=CCNC=3. The summed E-state index contributed by atoms with van der Waals surface area (Å²) in [6.45, 7) is 1.42. The highest BCUT2D eigenvalue weighted by molar-refractivity contribution is 6.29. The van der Waals surface area contributed by atoms with E-state index in [1.807, 2.05) is 18.3 Å². The zero-order valence-electron chi connectivity index (χ0n) is 16.2. The summed E-state index contributed by atoms with van der Waals surface area (Å²) in [5.74, 6) is 0. The van der Waals surface area contributed by atoms with E-state index in [2.05, 4.69) is 21.4 Å². The molecule has 0 bridgehead atoms. The highest BCUT2D eigenvalue weighted by Crippen LogP contribution is 2.20. The van der Waals surface area contributed by atoms with Gasteiger partial charge in [0.05, 0.1) is 36.0 Å². The number of benzene rings is 1. The van der Waals surface area contributed by atoms with E-state index in [4.69, 9.17) is 16.3 Å². The van der Waals surface area contributed by atoms with Gasteiger partial charge in [0.1, 0.15) is 5.15 Å². The monoisotopic (exact) mass is 424 g/mol. The van der Waals surface area contributed by atoms with Gasteiger partial charge in [0, 0.05) is 36.0 Å².